The van der Waals surface area contributed by atoms with E-state index in [0.29, 0.717) is 16.6 Å². The van der Waals surface area contributed by atoms with Crippen LogP contribution < -0.4 is 0 Å². The van der Waals surface area contributed by atoms with Crippen molar-refractivity contribution in [2.24, 2.45) is 0 Å². The number of benzene rings is 3. The lowest BCUT2D eigenvalue weighted by atomic mass is 9.86. The molecule has 0 amide bonds. The Kier molecular flexibility index (Phi) is 4.28. The van der Waals surface area contributed by atoms with Gasteiger partial charge in [-0.1, -0.05) is 65.7 Å². The van der Waals surface area contributed by atoms with E-state index in [1.807, 2.05) is 66.9 Å². The number of rotatable bonds is 2. The summed E-state index contributed by atoms with van der Waals surface area (Å²) in [5, 5.41) is 20.2. The lowest BCUT2D eigenvalue weighted by Gasteiger charge is -2.16. The standard InChI is InChI=1S/C27H18N4/c1-17-6-10-19(11-7-17)24-21(15-28)22(16-29)26-27(31-14-4-3-5-23(31)30-26)25(24)20-12-8-18(2)9-13-20/h3-14H,1-2H3. The summed E-state index contributed by atoms with van der Waals surface area (Å²) < 4.78 is 2.00. The van der Waals surface area contributed by atoms with Crippen LogP contribution in [-0.2, 0) is 0 Å². The third-order valence-corrected chi connectivity index (χ3v) is 5.66. The van der Waals surface area contributed by atoms with Gasteiger partial charge in [0.25, 0.3) is 0 Å². The van der Waals surface area contributed by atoms with Gasteiger partial charge in [-0.2, -0.15) is 10.5 Å². The molecule has 5 aromatic rings. The first-order valence-electron chi connectivity index (χ1n) is 10.0. The predicted molar refractivity (Wildman–Crippen MR) is 122 cm³/mol. The maximum Gasteiger partial charge on any atom is 0.137 e. The van der Waals surface area contributed by atoms with Crippen LogP contribution in [0.4, 0.5) is 0 Å². The van der Waals surface area contributed by atoms with Gasteiger partial charge in [-0.25, -0.2) is 4.98 Å². The summed E-state index contributed by atoms with van der Waals surface area (Å²) in [5.41, 5.74) is 8.66. The Morgan fingerprint density at radius 2 is 1.29 bits per heavy atom. The Balaban J connectivity index is 2.07. The highest BCUT2D eigenvalue weighted by Crippen LogP contribution is 2.43. The number of aromatic nitrogens is 2. The van der Waals surface area contributed by atoms with Crippen LogP contribution in [0.25, 0.3) is 38.9 Å². The number of hydrogen-bond acceptors (Lipinski definition) is 3. The molecule has 4 nitrogen and oxygen atoms in total. The minimum Gasteiger partial charge on any atom is -0.299 e. The van der Waals surface area contributed by atoms with E-state index in [4.69, 9.17) is 4.98 Å². The second-order valence-corrected chi connectivity index (χ2v) is 7.69. The van der Waals surface area contributed by atoms with Crippen LogP contribution in [0, 0.1) is 36.5 Å². The Morgan fingerprint density at radius 3 is 1.87 bits per heavy atom. The van der Waals surface area contributed by atoms with E-state index < -0.39 is 0 Å². The lowest BCUT2D eigenvalue weighted by molar-refractivity contribution is 1.23. The number of hydrogen-bond donors (Lipinski definition) is 0. The van der Waals surface area contributed by atoms with Crippen molar-refractivity contribution in [1.29, 1.82) is 10.5 Å². The van der Waals surface area contributed by atoms with Crippen molar-refractivity contribution >= 4 is 16.7 Å². The highest BCUT2D eigenvalue weighted by molar-refractivity contribution is 6.07. The first-order chi connectivity index (χ1) is 15.1. The summed E-state index contributed by atoms with van der Waals surface area (Å²) in [5.74, 6) is 0. The zero-order chi connectivity index (χ0) is 21.5. The van der Waals surface area contributed by atoms with Gasteiger partial charge < -0.3 is 0 Å². The molecule has 0 N–H and O–H groups in total. The van der Waals surface area contributed by atoms with Crippen LogP contribution in [-0.4, -0.2) is 9.38 Å². The fraction of sp³-hybridized carbons (Fsp3) is 0.0741. The van der Waals surface area contributed by atoms with Crippen molar-refractivity contribution in [2.75, 3.05) is 0 Å². The van der Waals surface area contributed by atoms with Gasteiger partial charge in [0.15, 0.2) is 0 Å². The van der Waals surface area contributed by atoms with Crippen LogP contribution >= 0.6 is 0 Å². The van der Waals surface area contributed by atoms with Gasteiger partial charge in [0.1, 0.15) is 23.3 Å². The number of fused-ring (bicyclic) bond motifs is 3. The molecule has 0 aliphatic heterocycles. The summed E-state index contributed by atoms with van der Waals surface area (Å²) in [4.78, 5) is 4.74. The van der Waals surface area contributed by atoms with Gasteiger partial charge >= 0.3 is 0 Å². The molecule has 0 aliphatic carbocycles. The molecule has 0 aliphatic rings. The van der Waals surface area contributed by atoms with Crippen molar-refractivity contribution in [1.82, 2.24) is 9.38 Å². The molecule has 5 rings (SSSR count). The van der Waals surface area contributed by atoms with E-state index in [1.165, 1.54) is 0 Å². The van der Waals surface area contributed by atoms with Crippen molar-refractivity contribution in [3.05, 3.63) is 95.2 Å². The molecule has 0 unspecified atom stereocenters. The molecule has 0 fully saturated rings. The smallest absolute Gasteiger partial charge is 0.137 e. The van der Waals surface area contributed by atoms with Crippen LogP contribution in [0.3, 0.4) is 0 Å². The third-order valence-electron chi connectivity index (χ3n) is 5.66. The quantitative estimate of drug-likeness (QED) is 0.356. The minimum atomic E-state index is 0.313. The molecule has 0 saturated carbocycles. The molecule has 0 spiro atoms. The van der Waals surface area contributed by atoms with Crippen LogP contribution in [0.5, 0.6) is 0 Å². The number of pyridine rings is 1. The number of nitrogens with zero attached hydrogens (tertiary/aromatic N) is 4. The average Bonchev–Trinajstić information content (AvgIpc) is 3.18. The van der Waals surface area contributed by atoms with E-state index in [1.54, 1.807) is 0 Å². The fourth-order valence-corrected chi connectivity index (χ4v) is 4.13. The van der Waals surface area contributed by atoms with E-state index in [-0.39, 0.29) is 0 Å². The number of aryl methyl sites for hydroxylation is 2. The molecule has 31 heavy (non-hydrogen) atoms. The van der Waals surface area contributed by atoms with Crippen molar-refractivity contribution in [3.63, 3.8) is 0 Å². The molecule has 2 aromatic heterocycles. The Labute approximate surface area is 180 Å². The zero-order valence-corrected chi connectivity index (χ0v) is 17.2. The number of nitriles is 2. The Morgan fingerprint density at radius 1 is 0.710 bits per heavy atom. The topological polar surface area (TPSA) is 64.9 Å². The normalized spacial score (nSPS) is 10.8. The zero-order valence-electron chi connectivity index (χ0n) is 17.2. The number of imidazole rings is 1. The SMILES string of the molecule is Cc1ccc(-c2c(C#N)c(C#N)c3nc4ccccn4c3c2-c2ccc(C)cc2)cc1. The summed E-state index contributed by atoms with van der Waals surface area (Å²) >= 11 is 0. The third kappa shape index (κ3) is 2.86. The fourth-order valence-electron chi connectivity index (χ4n) is 4.13. The van der Waals surface area contributed by atoms with E-state index in [9.17, 15) is 10.5 Å². The second kappa shape index (κ2) is 7.13. The molecule has 0 saturated heterocycles. The summed E-state index contributed by atoms with van der Waals surface area (Å²) in [6.07, 6.45) is 1.95. The molecule has 0 bridgehead atoms. The van der Waals surface area contributed by atoms with Gasteiger partial charge in [-0.15, -0.1) is 0 Å². The molecule has 0 radical (unpaired) electrons. The van der Waals surface area contributed by atoms with Gasteiger partial charge in [0.05, 0.1) is 16.6 Å². The molecule has 0 atom stereocenters. The Hall–Kier alpha value is -4.41. The summed E-state index contributed by atoms with van der Waals surface area (Å²) in [6, 6.07) is 26.7. The summed E-state index contributed by atoms with van der Waals surface area (Å²) in [6.45, 7) is 4.08. The maximum absolute atomic E-state index is 10.2. The van der Waals surface area contributed by atoms with Gasteiger partial charge in [-0.3, -0.25) is 4.40 Å². The van der Waals surface area contributed by atoms with E-state index >= 15 is 0 Å². The summed E-state index contributed by atoms with van der Waals surface area (Å²) in [7, 11) is 0. The highest BCUT2D eigenvalue weighted by atomic mass is 15.0. The second-order valence-electron chi connectivity index (χ2n) is 7.69. The predicted octanol–water partition coefficient (Wildman–Crippen LogP) is 6.18. The highest BCUT2D eigenvalue weighted by Gasteiger charge is 2.25. The van der Waals surface area contributed by atoms with Gasteiger partial charge in [0, 0.05) is 17.3 Å². The minimum absolute atomic E-state index is 0.313. The van der Waals surface area contributed by atoms with Crippen molar-refractivity contribution < 1.29 is 0 Å². The molecular weight excluding hydrogens is 380 g/mol. The largest absolute Gasteiger partial charge is 0.299 e. The monoisotopic (exact) mass is 398 g/mol. The van der Waals surface area contributed by atoms with Gasteiger partial charge in [0.2, 0.25) is 0 Å². The van der Waals surface area contributed by atoms with Crippen molar-refractivity contribution in [2.45, 2.75) is 13.8 Å². The first-order valence-corrected chi connectivity index (χ1v) is 10.0. The van der Waals surface area contributed by atoms with Crippen LogP contribution in [0.2, 0.25) is 0 Å². The maximum atomic E-state index is 10.2. The molecule has 146 valence electrons. The van der Waals surface area contributed by atoms with E-state index in [0.717, 1.165) is 44.5 Å². The van der Waals surface area contributed by atoms with Crippen molar-refractivity contribution in [3.8, 4) is 34.4 Å². The molecule has 2 heterocycles. The average molecular weight is 398 g/mol. The Bertz CT molecular complexity index is 1540. The molecular formula is C27H18N4. The molecule has 4 heteroatoms. The van der Waals surface area contributed by atoms with Gasteiger partial charge in [-0.05, 0) is 37.1 Å². The van der Waals surface area contributed by atoms with Crippen LogP contribution in [0.1, 0.15) is 22.3 Å². The van der Waals surface area contributed by atoms with E-state index in [2.05, 4.69) is 36.4 Å². The van der Waals surface area contributed by atoms with Crippen LogP contribution in [0.15, 0.2) is 72.9 Å². The first kappa shape index (κ1) is 18.6. The molecule has 3 aromatic carbocycles. The lowest BCUT2D eigenvalue weighted by Crippen LogP contribution is -1.98.